The zero-order chi connectivity index (χ0) is 24.9. The van der Waals surface area contributed by atoms with Crippen molar-refractivity contribution in [2.45, 2.75) is 38.5 Å². The zero-order valence-corrected chi connectivity index (χ0v) is 20.3. The third-order valence-electron chi connectivity index (χ3n) is 6.73. The summed E-state index contributed by atoms with van der Waals surface area (Å²) in [5, 5.41) is 7.02. The highest BCUT2D eigenvalue weighted by Crippen LogP contribution is 2.24. The molecule has 4 aromatic rings. The van der Waals surface area contributed by atoms with Gasteiger partial charge in [0.25, 0.3) is 11.5 Å². The quantitative estimate of drug-likeness (QED) is 0.391. The van der Waals surface area contributed by atoms with Gasteiger partial charge in [0.15, 0.2) is 0 Å². The van der Waals surface area contributed by atoms with Crippen LogP contribution in [0.2, 0.25) is 0 Å². The number of furan rings is 1. The number of aromatic nitrogens is 2. The fourth-order valence-electron chi connectivity index (χ4n) is 4.81. The Balaban J connectivity index is 1.37. The first kappa shape index (κ1) is 23.6. The topological polar surface area (TPSA) is 88.4 Å². The van der Waals surface area contributed by atoms with Crippen LogP contribution in [-0.2, 0) is 25.7 Å². The number of benzene rings is 2. The Morgan fingerprint density at radius 2 is 1.83 bits per heavy atom. The van der Waals surface area contributed by atoms with Crippen LogP contribution >= 0.6 is 0 Å². The fraction of sp³-hybridized carbons (Fsp3) is 0.276. The molecule has 0 aliphatic heterocycles. The van der Waals surface area contributed by atoms with E-state index in [1.54, 1.807) is 30.4 Å². The van der Waals surface area contributed by atoms with E-state index >= 15 is 0 Å². The molecule has 7 nitrogen and oxygen atoms in total. The molecular weight excluding hydrogens is 454 g/mol. The van der Waals surface area contributed by atoms with Crippen LogP contribution in [0.25, 0.3) is 0 Å². The molecule has 5 rings (SSSR count). The fourth-order valence-corrected chi connectivity index (χ4v) is 4.81. The average Bonchev–Trinajstić information content (AvgIpc) is 3.46. The lowest BCUT2D eigenvalue weighted by Gasteiger charge is -2.21. The maximum atomic E-state index is 13.6. The summed E-state index contributed by atoms with van der Waals surface area (Å²) in [6.07, 6.45) is 6.57. The second-order valence-electron chi connectivity index (χ2n) is 9.05. The summed E-state index contributed by atoms with van der Waals surface area (Å²) >= 11 is 0. The lowest BCUT2D eigenvalue weighted by atomic mass is 9.90. The number of hydrogen-bond acceptors (Lipinski definition) is 5. The number of ether oxygens (including phenoxy) is 1. The molecule has 0 spiro atoms. The van der Waals surface area contributed by atoms with Crippen molar-refractivity contribution >= 4 is 11.8 Å². The zero-order valence-electron chi connectivity index (χ0n) is 20.3. The standard InChI is InChI=1S/C29H29N3O4/c1-35-23-13-11-20(12-14-23)15-16-32(27-10-5-17-36-27)29(34)22-7-4-6-21(18-22)19-26-24-8-2-3-9-25(24)28(33)31-30-26/h4-7,10-14,17-18H,2-3,8-9,15-16,19H2,1H3,(H,31,33). The number of methoxy groups -OCH3 is 1. The predicted octanol–water partition coefficient (Wildman–Crippen LogP) is 4.73. The molecule has 0 saturated heterocycles. The number of H-pyrrole nitrogens is 1. The molecule has 2 aromatic carbocycles. The molecule has 36 heavy (non-hydrogen) atoms. The molecular formula is C29H29N3O4. The van der Waals surface area contributed by atoms with Crippen LogP contribution in [0.15, 0.2) is 76.1 Å². The second kappa shape index (κ2) is 10.6. The molecule has 0 atom stereocenters. The number of rotatable bonds is 8. The van der Waals surface area contributed by atoms with Gasteiger partial charge in [-0.25, -0.2) is 5.10 Å². The Bertz CT molecular complexity index is 1390. The number of amides is 1. The number of nitrogens with one attached hydrogen (secondary N) is 1. The molecule has 2 heterocycles. The molecule has 0 bridgehead atoms. The summed E-state index contributed by atoms with van der Waals surface area (Å²) in [6, 6.07) is 19.0. The average molecular weight is 484 g/mol. The number of hydrogen-bond donors (Lipinski definition) is 1. The molecule has 0 saturated carbocycles. The summed E-state index contributed by atoms with van der Waals surface area (Å²) < 4.78 is 10.8. The van der Waals surface area contributed by atoms with Crippen LogP contribution in [0.1, 0.15) is 51.1 Å². The van der Waals surface area contributed by atoms with E-state index in [9.17, 15) is 9.59 Å². The molecule has 1 aliphatic carbocycles. The van der Waals surface area contributed by atoms with E-state index in [-0.39, 0.29) is 11.5 Å². The van der Waals surface area contributed by atoms with E-state index in [4.69, 9.17) is 9.15 Å². The summed E-state index contributed by atoms with van der Waals surface area (Å²) in [5.74, 6) is 1.18. The Kier molecular flexibility index (Phi) is 6.98. The summed E-state index contributed by atoms with van der Waals surface area (Å²) in [4.78, 5) is 27.5. The maximum absolute atomic E-state index is 13.6. The highest BCUT2D eigenvalue weighted by Gasteiger charge is 2.22. The molecule has 2 aromatic heterocycles. The molecule has 1 amide bonds. The minimum Gasteiger partial charge on any atom is -0.497 e. The van der Waals surface area contributed by atoms with Crippen molar-refractivity contribution in [3.05, 3.63) is 111 Å². The maximum Gasteiger partial charge on any atom is 0.267 e. The van der Waals surface area contributed by atoms with Crippen molar-refractivity contribution in [3.63, 3.8) is 0 Å². The first-order valence-electron chi connectivity index (χ1n) is 12.3. The number of fused-ring (bicyclic) bond motifs is 1. The SMILES string of the molecule is COc1ccc(CCN(C(=O)c2cccc(Cc3n[nH]c(=O)c4c3CCCC4)c2)c2ccco2)cc1. The Morgan fingerprint density at radius 1 is 1.03 bits per heavy atom. The van der Waals surface area contributed by atoms with Crippen molar-refractivity contribution in [2.75, 3.05) is 18.6 Å². The minimum atomic E-state index is -0.128. The molecule has 0 fully saturated rings. The van der Waals surface area contributed by atoms with E-state index in [2.05, 4.69) is 10.2 Å². The predicted molar refractivity (Wildman–Crippen MR) is 138 cm³/mol. The van der Waals surface area contributed by atoms with E-state index < -0.39 is 0 Å². The summed E-state index contributed by atoms with van der Waals surface area (Å²) in [7, 11) is 1.64. The van der Waals surface area contributed by atoms with Gasteiger partial charge in [0.2, 0.25) is 5.88 Å². The van der Waals surface area contributed by atoms with Crippen molar-refractivity contribution in [3.8, 4) is 5.75 Å². The van der Waals surface area contributed by atoms with Crippen molar-refractivity contribution in [1.82, 2.24) is 10.2 Å². The normalized spacial score (nSPS) is 12.7. The Hall–Kier alpha value is -4.13. The van der Waals surface area contributed by atoms with Crippen LogP contribution in [0.3, 0.4) is 0 Å². The van der Waals surface area contributed by atoms with Crippen LogP contribution in [0.5, 0.6) is 5.75 Å². The third-order valence-corrected chi connectivity index (χ3v) is 6.73. The number of nitrogens with zero attached hydrogens (tertiary/aromatic N) is 2. The molecule has 1 aliphatic rings. The first-order valence-corrected chi connectivity index (χ1v) is 12.3. The van der Waals surface area contributed by atoms with Crippen molar-refractivity contribution < 1.29 is 13.9 Å². The van der Waals surface area contributed by atoms with Gasteiger partial charge in [-0.05, 0) is 79.1 Å². The number of anilines is 1. The number of aromatic amines is 1. The molecule has 0 radical (unpaired) electrons. The van der Waals surface area contributed by atoms with E-state index in [1.165, 1.54) is 0 Å². The molecule has 7 heteroatoms. The minimum absolute atomic E-state index is 0.0803. The highest BCUT2D eigenvalue weighted by molar-refractivity contribution is 6.05. The molecule has 184 valence electrons. The molecule has 0 unspecified atom stereocenters. The largest absolute Gasteiger partial charge is 0.497 e. The van der Waals surface area contributed by atoms with Gasteiger partial charge in [-0.1, -0.05) is 24.3 Å². The van der Waals surface area contributed by atoms with Crippen LogP contribution in [0, 0.1) is 0 Å². The monoisotopic (exact) mass is 483 g/mol. The van der Waals surface area contributed by atoms with Crippen LogP contribution < -0.4 is 15.2 Å². The van der Waals surface area contributed by atoms with E-state index in [0.717, 1.165) is 59.4 Å². The number of carbonyl (C=O) groups is 1. The van der Waals surface area contributed by atoms with Gasteiger partial charge in [-0.3, -0.25) is 14.5 Å². The lowest BCUT2D eigenvalue weighted by Crippen LogP contribution is -2.32. The number of carbonyl (C=O) groups excluding carboxylic acids is 1. The first-order chi connectivity index (χ1) is 17.6. The van der Waals surface area contributed by atoms with Gasteiger partial charge in [-0.15, -0.1) is 0 Å². The van der Waals surface area contributed by atoms with Gasteiger partial charge in [0.05, 0.1) is 19.1 Å². The van der Waals surface area contributed by atoms with Crippen molar-refractivity contribution in [2.24, 2.45) is 0 Å². The van der Waals surface area contributed by atoms with Gasteiger partial charge >= 0.3 is 0 Å². The lowest BCUT2D eigenvalue weighted by molar-refractivity contribution is 0.0983. The Labute approximate surface area is 209 Å². The van der Waals surface area contributed by atoms with E-state index in [1.807, 2.05) is 48.5 Å². The van der Waals surface area contributed by atoms with Gasteiger partial charge in [-0.2, -0.15) is 5.10 Å². The van der Waals surface area contributed by atoms with Crippen LogP contribution in [-0.4, -0.2) is 29.8 Å². The van der Waals surface area contributed by atoms with Gasteiger partial charge in [0.1, 0.15) is 5.75 Å². The summed E-state index contributed by atoms with van der Waals surface area (Å²) in [6.45, 7) is 0.470. The summed E-state index contributed by atoms with van der Waals surface area (Å²) in [5.41, 5.74) is 5.39. The van der Waals surface area contributed by atoms with Crippen molar-refractivity contribution in [1.29, 1.82) is 0 Å². The van der Waals surface area contributed by atoms with Crippen LogP contribution in [0.4, 0.5) is 5.88 Å². The smallest absolute Gasteiger partial charge is 0.267 e. The Morgan fingerprint density at radius 3 is 2.58 bits per heavy atom. The van der Waals surface area contributed by atoms with Gasteiger partial charge < -0.3 is 9.15 Å². The highest BCUT2D eigenvalue weighted by atomic mass is 16.5. The third kappa shape index (κ3) is 5.10. The van der Waals surface area contributed by atoms with Gasteiger partial charge in [0, 0.05) is 30.2 Å². The molecule has 1 N–H and O–H groups in total. The second-order valence-corrected chi connectivity index (χ2v) is 9.05. The van der Waals surface area contributed by atoms with E-state index in [0.29, 0.717) is 30.8 Å².